The van der Waals surface area contributed by atoms with Crippen molar-refractivity contribution >= 4 is 74.1 Å². The van der Waals surface area contributed by atoms with Gasteiger partial charge in [-0.05, 0) is 124 Å². The van der Waals surface area contributed by atoms with E-state index >= 15 is 0 Å². The number of nitrogens with one attached hydrogen (secondary N) is 2. The molecule has 7 heterocycles. The van der Waals surface area contributed by atoms with Crippen LogP contribution < -0.4 is 0 Å². The van der Waals surface area contributed by atoms with Crippen LogP contribution in [0.2, 0.25) is 0 Å². The van der Waals surface area contributed by atoms with Gasteiger partial charge in [0.05, 0.1) is 30.7 Å². The van der Waals surface area contributed by atoms with E-state index in [9.17, 15) is 45.6 Å². The van der Waals surface area contributed by atoms with Crippen LogP contribution in [0.3, 0.4) is 0 Å². The maximum atomic E-state index is 13.4. The molecule has 19 heteroatoms. The molecule has 0 aliphatic carbocycles. The number of H-pyrrole nitrogens is 2. The summed E-state index contributed by atoms with van der Waals surface area (Å²) in [7, 11) is 0. The first-order valence-corrected chi connectivity index (χ1v) is 27.1. The highest BCUT2D eigenvalue weighted by molar-refractivity contribution is 8.13. The molecule has 4 aliphatic heterocycles. The van der Waals surface area contributed by atoms with Gasteiger partial charge in [0.15, 0.2) is 5.12 Å². The standard InChI is InChI=1S/C50H70N4O12S3/c1-8-29-24(3)33-20-37-41(28(7)64-13-9-14-68-49-47(62)45(60)43(58)38(21-55)65-49)26(5)35(53-37)19-34-25(4)30(42(54-34)27(6)32-17-23(2)31(51-32)18-36(29)52-33)11-12-40(57)67-15-10-16-69-50-48(63)46(61)44(59)39(22-56)66-50/h17-20,25,28,30,38-39,43-50,52-53,55-56,58-63H,8-16,21-22H2,1-7H3/t25-,28?,30-,38+,39+,43+,44+,45-,46-,47+,48+,49?,50-/m0/s1. The molecule has 0 spiro atoms. The summed E-state index contributed by atoms with van der Waals surface area (Å²) in [6, 6.07) is 6.40. The van der Waals surface area contributed by atoms with Gasteiger partial charge in [-0.25, -0.2) is 4.98 Å². The lowest BCUT2D eigenvalue weighted by atomic mass is 9.86. The monoisotopic (exact) mass is 1010 g/mol. The molecule has 3 aromatic rings. The highest BCUT2D eigenvalue weighted by atomic mass is 32.2. The van der Waals surface area contributed by atoms with Crippen LogP contribution in [0.25, 0.3) is 33.7 Å². The van der Waals surface area contributed by atoms with Crippen molar-refractivity contribution in [1.82, 2.24) is 19.9 Å². The quantitative estimate of drug-likeness (QED) is 0.0733. The average Bonchev–Trinajstić information content (AvgIpc) is 4.04. The number of aliphatic hydroxyl groups excluding tert-OH is 8. The Morgan fingerprint density at radius 2 is 1.36 bits per heavy atom. The lowest BCUT2D eigenvalue weighted by molar-refractivity contribution is -0.205. The Morgan fingerprint density at radius 1 is 0.754 bits per heavy atom. The SMILES string of the molecule is CCc1c(C)c2cc3[nH]c(cc4nc(c(C)c5nc(cc1[nH]2)C(C)=C5)[C@@H](CCC(=O)SCCCS[C@@H]1O[C@H](CO)[C@@H](O)[C@H](O)[C@H]1O)[C@@H]4C)c(C)c3C(C)OCCCSC1O[C@H](CO)[C@@H](O)[C@H](O)[C@H]1O. The molecule has 69 heavy (non-hydrogen) atoms. The van der Waals surface area contributed by atoms with E-state index in [-0.39, 0.29) is 23.1 Å². The van der Waals surface area contributed by atoms with Gasteiger partial charge in [0, 0.05) is 69.6 Å². The zero-order valence-corrected chi connectivity index (χ0v) is 42.9. The van der Waals surface area contributed by atoms with Crippen LogP contribution in [0.1, 0.15) is 122 Å². The highest BCUT2D eigenvalue weighted by Gasteiger charge is 2.44. The van der Waals surface area contributed by atoms with E-state index in [0.717, 1.165) is 79.1 Å². The molecular formula is C50H70N4O12S3. The minimum Gasteiger partial charge on any atom is -0.394 e. The Morgan fingerprint density at radius 3 is 1.99 bits per heavy atom. The third-order valence-electron chi connectivity index (χ3n) is 14.0. The molecule has 3 aromatic heterocycles. The number of aliphatic hydroxyl groups is 8. The molecule has 13 atom stereocenters. The van der Waals surface area contributed by atoms with E-state index in [2.05, 4.69) is 75.8 Å². The highest BCUT2D eigenvalue weighted by Crippen LogP contribution is 2.43. The lowest BCUT2D eigenvalue weighted by Gasteiger charge is -2.39. The van der Waals surface area contributed by atoms with Crippen molar-refractivity contribution in [2.24, 2.45) is 0 Å². The summed E-state index contributed by atoms with van der Waals surface area (Å²) in [5.74, 6) is 1.59. The van der Waals surface area contributed by atoms with E-state index in [0.29, 0.717) is 49.5 Å². The number of carbonyl (C=O) groups is 1. The summed E-state index contributed by atoms with van der Waals surface area (Å²) in [6.07, 6.45) is -5.30. The van der Waals surface area contributed by atoms with Crippen molar-refractivity contribution < 1.29 is 59.9 Å². The smallest absolute Gasteiger partial charge is 0.188 e. The summed E-state index contributed by atoms with van der Waals surface area (Å²) in [6.45, 7) is 14.2. The summed E-state index contributed by atoms with van der Waals surface area (Å²) in [4.78, 5) is 31.4. The van der Waals surface area contributed by atoms with E-state index in [1.807, 2.05) is 6.92 Å². The van der Waals surface area contributed by atoms with Gasteiger partial charge in [0.2, 0.25) is 0 Å². The molecule has 2 fully saturated rings. The molecule has 7 rings (SSSR count). The van der Waals surface area contributed by atoms with Crippen LogP contribution in [0.15, 0.2) is 18.2 Å². The normalized spacial score (nSPS) is 28.8. The maximum absolute atomic E-state index is 13.4. The Balaban J connectivity index is 1.12. The number of ether oxygens (including phenoxy) is 3. The van der Waals surface area contributed by atoms with Gasteiger partial charge in [-0.1, -0.05) is 25.6 Å². The third kappa shape index (κ3) is 11.8. The Labute approximate surface area is 416 Å². The predicted octanol–water partition coefficient (Wildman–Crippen LogP) is 5.21. The molecule has 8 bridgehead atoms. The van der Waals surface area contributed by atoms with Crippen molar-refractivity contribution in [2.45, 2.75) is 158 Å². The molecule has 10 N–H and O–H groups in total. The number of carbonyl (C=O) groups excluding carboxylic acids is 1. The zero-order valence-electron chi connectivity index (χ0n) is 40.4. The fourth-order valence-electron chi connectivity index (χ4n) is 9.75. The summed E-state index contributed by atoms with van der Waals surface area (Å²) in [5, 5.41) is 80.8. The van der Waals surface area contributed by atoms with Crippen LogP contribution in [-0.4, -0.2) is 163 Å². The number of allylic oxidation sites excluding steroid dienone is 1. The lowest BCUT2D eigenvalue weighted by Crippen LogP contribution is -2.57. The zero-order chi connectivity index (χ0) is 49.8. The number of hydrogen-bond donors (Lipinski definition) is 10. The van der Waals surface area contributed by atoms with Crippen LogP contribution in [-0.2, 0) is 25.4 Å². The molecule has 0 aromatic carbocycles. The molecule has 16 nitrogen and oxygen atoms in total. The van der Waals surface area contributed by atoms with Crippen LogP contribution in [0.4, 0.5) is 0 Å². The van der Waals surface area contributed by atoms with Crippen molar-refractivity contribution in [3.63, 3.8) is 0 Å². The first kappa shape index (κ1) is 53.9. The largest absolute Gasteiger partial charge is 0.394 e. The fourth-order valence-corrected chi connectivity index (χ4v) is 12.9. The minimum atomic E-state index is -1.42. The molecule has 0 saturated carbocycles. The summed E-state index contributed by atoms with van der Waals surface area (Å²) in [5.41, 5.74) is 12.1. The number of thioether (sulfide) groups is 3. The second-order valence-corrected chi connectivity index (χ2v) is 22.2. The number of aromatic nitrogens is 4. The number of aromatic amines is 2. The van der Waals surface area contributed by atoms with Crippen molar-refractivity contribution in [3.8, 4) is 0 Å². The molecular weight excluding hydrogens is 945 g/mol. The second kappa shape index (κ2) is 23.8. The molecule has 2 saturated heterocycles. The first-order chi connectivity index (χ1) is 33.0. The Kier molecular flexibility index (Phi) is 18.6. The van der Waals surface area contributed by atoms with E-state index in [1.165, 1.54) is 40.8 Å². The van der Waals surface area contributed by atoms with Crippen LogP contribution in [0, 0.1) is 20.8 Å². The van der Waals surface area contributed by atoms with Crippen LogP contribution >= 0.6 is 35.3 Å². The minimum absolute atomic E-state index is 0.0196. The summed E-state index contributed by atoms with van der Waals surface area (Å²) >= 11 is 3.87. The van der Waals surface area contributed by atoms with E-state index < -0.39 is 72.9 Å². The molecule has 2 unspecified atom stereocenters. The number of rotatable bonds is 18. The van der Waals surface area contributed by atoms with Gasteiger partial charge < -0.3 is 65.0 Å². The topological polar surface area (TPSA) is 264 Å². The van der Waals surface area contributed by atoms with Gasteiger partial charge >= 0.3 is 0 Å². The summed E-state index contributed by atoms with van der Waals surface area (Å²) < 4.78 is 17.8. The molecule has 4 aliphatic rings. The average molecular weight is 1020 g/mol. The molecule has 380 valence electrons. The Bertz CT molecular complexity index is 2480. The number of fused-ring (bicyclic) bond motifs is 8. The van der Waals surface area contributed by atoms with Crippen molar-refractivity contribution in [2.75, 3.05) is 37.1 Å². The third-order valence-corrected chi connectivity index (χ3v) is 17.5. The van der Waals surface area contributed by atoms with Gasteiger partial charge in [-0.2, -0.15) is 0 Å². The van der Waals surface area contributed by atoms with E-state index in [1.54, 1.807) is 0 Å². The fraction of sp³-hybridized carbons (Fsp3) is 0.620. The number of nitrogens with zero attached hydrogens (tertiary/aromatic N) is 2. The first-order valence-electron chi connectivity index (χ1n) is 24.0. The van der Waals surface area contributed by atoms with Crippen LogP contribution in [0.5, 0.6) is 0 Å². The maximum Gasteiger partial charge on any atom is 0.188 e. The van der Waals surface area contributed by atoms with Gasteiger partial charge in [0.25, 0.3) is 0 Å². The predicted molar refractivity (Wildman–Crippen MR) is 272 cm³/mol. The van der Waals surface area contributed by atoms with Crippen molar-refractivity contribution in [3.05, 3.63) is 68.8 Å². The van der Waals surface area contributed by atoms with Crippen molar-refractivity contribution in [1.29, 1.82) is 0 Å². The number of hydrogen-bond acceptors (Lipinski definition) is 17. The van der Waals surface area contributed by atoms with Gasteiger partial charge in [-0.15, -0.1) is 23.5 Å². The number of aryl methyl sites for hydroxylation is 3. The molecule has 0 radical (unpaired) electrons. The van der Waals surface area contributed by atoms with Gasteiger partial charge in [-0.3, -0.25) is 9.78 Å². The Hall–Kier alpha value is -2.86. The molecule has 0 amide bonds. The second-order valence-electron chi connectivity index (χ2n) is 18.6. The van der Waals surface area contributed by atoms with Gasteiger partial charge in [0.1, 0.15) is 59.7 Å². The van der Waals surface area contributed by atoms with E-state index in [4.69, 9.17) is 24.2 Å².